The van der Waals surface area contributed by atoms with Crippen molar-refractivity contribution in [3.63, 3.8) is 0 Å². The van der Waals surface area contributed by atoms with Crippen molar-refractivity contribution in [2.24, 2.45) is 5.41 Å². The molecular formula is C16H19N5O5S2. The fourth-order valence-corrected chi connectivity index (χ4v) is 3.90. The Kier molecular flexibility index (Phi) is 7.29. The highest BCUT2D eigenvalue weighted by atomic mass is 32.2. The summed E-state index contributed by atoms with van der Waals surface area (Å²) in [7, 11) is 0.394. The third-order valence-corrected chi connectivity index (χ3v) is 5.67. The van der Waals surface area contributed by atoms with Crippen LogP contribution in [0.15, 0.2) is 29.7 Å². The molecule has 0 fully saturated rings. The normalized spacial score (nSPS) is 12.0. The summed E-state index contributed by atoms with van der Waals surface area (Å²) in [4.78, 5) is 29.2. The molecule has 0 aromatic carbocycles. The second kappa shape index (κ2) is 9.46. The number of aromatic nitrogens is 4. The van der Waals surface area contributed by atoms with Gasteiger partial charge in [-0.15, -0.1) is 0 Å². The number of hydrogen-bond donors (Lipinski definition) is 1. The average Bonchev–Trinajstić information content (AvgIpc) is 2.65. The molecule has 0 saturated heterocycles. The first kappa shape index (κ1) is 21.6. The topological polar surface area (TPSA) is 133 Å². The number of hydrogen-bond acceptors (Lipinski definition) is 10. The Morgan fingerprint density at radius 2 is 1.75 bits per heavy atom. The summed E-state index contributed by atoms with van der Waals surface area (Å²) in [5, 5.41) is 2.89. The minimum atomic E-state index is -2.48. The van der Waals surface area contributed by atoms with Crippen LogP contribution < -0.4 is 14.8 Å². The quantitative estimate of drug-likeness (QED) is 0.372. The van der Waals surface area contributed by atoms with Gasteiger partial charge in [-0.25, -0.2) is 9.97 Å². The first-order valence-corrected chi connectivity index (χ1v) is 9.92. The Morgan fingerprint density at radius 3 is 2.25 bits per heavy atom. The number of nitrogens with zero attached hydrogens (tertiary/aromatic N) is 4. The molecule has 2 aromatic rings. The molecule has 28 heavy (non-hydrogen) atoms. The van der Waals surface area contributed by atoms with Gasteiger partial charge in [0.15, 0.2) is 5.16 Å². The third kappa shape index (κ3) is 5.89. The number of carbonyl (C=O) groups is 1. The molecular weight excluding hydrogens is 406 g/mol. The first-order chi connectivity index (χ1) is 13.2. The third-order valence-electron chi connectivity index (χ3n) is 3.41. The van der Waals surface area contributed by atoms with Gasteiger partial charge >= 0.3 is 0 Å². The summed E-state index contributed by atoms with van der Waals surface area (Å²) < 4.78 is 32.7. The predicted octanol–water partition coefficient (Wildman–Crippen LogP) is 1.09. The number of carbonyl (C=O) groups excluding carboxylic acids is 1. The van der Waals surface area contributed by atoms with Crippen LogP contribution in [0.25, 0.3) is 0 Å². The number of methoxy groups -OCH3 is 2. The van der Waals surface area contributed by atoms with Crippen LogP contribution in [0.4, 0.5) is 5.95 Å². The molecule has 1 atom stereocenters. The molecule has 0 bridgehead atoms. The minimum Gasteiger partial charge on any atom is -0.481 e. The summed E-state index contributed by atoms with van der Waals surface area (Å²) in [5.41, 5.74) is -1.07. The van der Waals surface area contributed by atoms with E-state index in [1.54, 1.807) is 19.9 Å². The van der Waals surface area contributed by atoms with E-state index >= 15 is 0 Å². The van der Waals surface area contributed by atoms with Crippen LogP contribution >= 0.6 is 11.8 Å². The van der Waals surface area contributed by atoms with Gasteiger partial charge in [0.05, 0.1) is 20.3 Å². The molecule has 10 nitrogen and oxygen atoms in total. The van der Waals surface area contributed by atoms with Crippen molar-refractivity contribution >= 4 is 39.3 Å². The fraction of sp³-hybridized carbons (Fsp3) is 0.375. The predicted molar refractivity (Wildman–Crippen MR) is 104 cm³/mol. The maximum Gasteiger partial charge on any atom is 0.241 e. The maximum atomic E-state index is 12.9. The van der Waals surface area contributed by atoms with Gasteiger partial charge in [0.1, 0.15) is 5.25 Å². The Labute approximate surface area is 167 Å². The number of anilines is 1. The van der Waals surface area contributed by atoms with Gasteiger partial charge in [-0.1, -0.05) is 25.6 Å². The zero-order chi connectivity index (χ0) is 20.7. The lowest BCUT2D eigenvalue weighted by Gasteiger charge is -2.27. The molecule has 0 radical (unpaired) electrons. The van der Waals surface area contributed by atoms with Crippen molar-refractivity contribution in [2.45, 2.75) is 24.3 Å². The fourth-order valence-electron chi connectivity index (χ4n) is 2.14. The standard InChI is InChI=1S/C16H19N5O5S2/c1-16(2,9-28(23)24)12(13(22)21-14-17-6-5-7-18-14)27-15-19-10(25-3)8-11(20-15)26-4/h5-9,12H,1-4H3,(H,17,18,21,22). The second-order valence-electron chi connectivity index (χ2n) is 5.99. The molecule has 0 aliphatic rings. The highest BCUT2D eigenvalue weighted by Crippen LogP contribution is 2.35. The molecule has 0 spiro atoms. The van der Waals surface area contributed by atoms with Crippen LogP contribution in [0, 0.1) is 5.41 Å². The van der Waals surface area contributed by atoms with E-state index in [1.165, 1.54) is 32.7 Å². The largest absolute Gasteiger partial charge is 0.481 e. The van der Waals surface area contributed by atoms with Crippen molar-refractivity contribution in [3.8, 4) is 11.8 Å². The van der Waals surface area contributed by atoms with Crippen LogP contribution in [-0.4, -0.2) is 59.1 Å². The number of ether oxygens (including phenoxy) is 2. The lowest BCUT2D eigenvalue weighted by molar-refractivity contribution is -0.116. The van der Waals surface area contributed by atoms with E-state index in [1.807, 2.05) is 0 Å². The molecule has 2 heterocycles. The van der Waals surface area contributed by atoms with E-state index < -0.39 is 26.9 Å². The van der Waals surface area contributed by atoms with Crippen LogP contribution in [0.3, 0.4) is 0 Å². The molecule has 0 saturated carbocycles. The number of thioether (sulfide) groups is 1. The van der Waals surface area contributed by atoms with Crippen molar-refractivity contribution in [3.05, 3.63) is 24.5 Å². The van der Waals surface area contributed by atoms with E-state index in [9.17, 15) is 13.2 Å². The molecule has 1 amide bonds. The average molecular weight is 425 g/mol. The van der Waals surface area contributed by atoms with E-state index in [2.05, 4.69) is 25.3 Å². The Morgan fingerprint density at radius 1 is 1.18 bits per heavy atom. The van der Waals surface area contributed by atoms with Crippen molar-refractivity contribution in [1.82, 2.24) is 19.9 Å². The van der Waals surface area contributed by atoms with Gasteiger partial charge in [-0.05, 0) is 6.07 Å². The second-order valence-corrected chi connectivity index (χ2v) is 7.82. The molecule has 0 aliphatic heterocycles. The van der Waals surface area contributed by atoms with Crippen molar-refractivity contribution in [2.75, 3.05) is 19.5 Å². The van der Waals surface area contributed by atoms with Crippen molar-refractivity contribution < 1.29 is 22.7 Å². The van der Waals surface area contributed by atoms with Gasteiger partial charge in [0.2, 0.25) is 33.9 Å². The van der Waals surface area contributed by atoms with Crippen LogP contribution in [-0.2, 0) is 15.1 Å². The molecule has 12 heteroatoms. The smallest absolute Gasteiger partial charge is 0.241 e. The van der Waals surface area contributed by atoms with E-state index in [0.29, 0.717) is 0 Å². The lowest BCUT2D eigenvalue weighted by atomic mass is 9.91. The summed E-state index contributed by atoms with van der Waals surface area (Å²) in [6.45, 7) is 3.23. The van der Waals surface area contributed by atoms with Gasteiger partial charge in [-0.2, -0.15) is 18.4 Å². The minimum absolute atomic E-state index is 0.0984. The van der Waals surface area contributed by atoms with Gasteiger partial charge in [-0.3, -0.25) is 10.1 Å². The molecule has 1 unspecified atom stereocenters. The molecule has 0 aliphatic carbocycles. The Hall–Kier alpha value is -2.73. The summed E-state index contributed by atoms with van der Waals surface area (Å²) >= 11 is 0.970. The van der Waals surface area contributed by atoms with Gasteiger partial charge < -0.3 is 9.47 Å². The summed E-state index contributed by atoms with van der Waals surface area (Å²) in [6, 6.07) is 3.09. The summed E-state index contributed by atoms with van der Waals surface area (Å²) in [6.07, 6.45) is 2.95. The van der Waals surface area contributed by atoms with E-state index in [4.69, 9.17) is 9.47 Å². The number of amides is 1. The van der Waals surface area contributed by atoms with Crippen LogP contribution in [0.2, 0.25) is 0 Å². The van der Waals surface area contributed by atoms with Crippen molar-refractivity contribution in [1.29, 1.82) is 0 Å². The first-order valence-electron chi connectivity index (χ1n) is 7.91. The van der Waals surface area contributed by atoms with Gasteiger partial charge in [0, 0.05) is 23.2 Å². The van der Waals surface area contributed by atoms with Crippen LogP contribution in [0.5, 0.6) is 11.8 Å². The number of nitrogens with one attached hydrogen (secondary N) is 1. The molecule has 2 aromatic heterocycles. The zero-order valence-electron chi connectivity index (χ0n) is 15.6. The van der Waals surface area contributed by atoms with E-state index in [0.717, 1.165) is 17.1 Å². The zero-order valence-corrected chi connectivity index (χ0v) is 17.2. The molecule has 1 N–H and O–H groups in total. The SMILES string of the molecule is COc1cc(OC)nc(SC(C(=O)Nc2ncccn2)C(C)(C)C=S(=O)=O)n1. The monoisotopic (exact) mass is 425 g/mol. The van der Waals surface area contributed by atoms with E-state index in [-0.39, 0.29) is 22.9 Å². The lowest BCUT2D eigenvalue weighted by Crippen LogP contribution is -2.39. The molecule has 150 valence electrons. The Bertz CT molecular complexity index is 936. The Balaban J connectivity index is 2.41. The summed E-state index contributed by atoms with van der Waals surface area (Å²) in [5.74, 6) is 0.0812. The molecule has 2 rings (SSSR count). The van der Waals surface area contributed by atoms with Gasteiger partial charge in [0.25, 0.3) is 0 Å². The number of rotatable bonds is 8. The maximum absolute atomic E-state index is 12.9. The highest BCUT2D eigenvalue weighted by molar-refractivity contribution is 8.00. The highest BCUT2D eigenvalue weighted by Gasteiger charge is 2.37. The van der Waals surface area contributed by atoms with Crippen LogP contribution in [0.1, 0.15) is 13.8 Å².